The van der Waals surface area contributed by atoms with Crippen molar-refractivity contribution in [2.24, 2.45) is 0 Å². The third kappa shape index (κ3) is 5.22. The SMILES string of the molecule is COCc1cc(CN(C)CCN2CCCCC2=O)ccc1OC. The first-order valence-corrected chi connectivity index (χ1v) is 8.25. The zero-order valence-electron chi connectivity index (χ0n) is 14.5. The van der Waals surface area contributed by atoms with Crippen molar-refractivity contribution in [3.63, 3.8) is 0 Å². The van der Waals surface area contributed by atoms with Gasteiger partial charge in [0.15, 0.2) is 0 Å². The molecule has 128 valence electrons. The van der Waals surface area contributed by atoms with Gasteiger partial charge < -0.3 is 19.3 Å². The van der Waals surface area contributed by atoms with Crippen LogP contribution in [-0.4, -0.2) is 56.6 Å². The number of ether oxygens (including phenoxy) is 2. The molecule has 5 heteroatoms. The topological polar surface area (TPSA) is 42.0 Å². The van der Waals surface area contributed by atoms with Crippen molar-refractivity contribution >= 4 is 5.91 Å². The van der Waals surface area contributed by atoms with Gasteiger partial charge in [-0.1, -0.05) is 6.07 Å². The van der Waals surface area contributed by atoms with E-state index >= 15 is 0 Å². The number of rotatable bonds is 8. The van der Waals surface area contributed by atoms with Crippen LogP contribution in [-0.2, 0) is 22.7 Å². The third-order valence-corrected chi connectivity index (χ3v) is 4.27. The number of amides is 1. The fraction of sp³-hybridized carbons (Fsp3) is 0.611. The lowest BCUT2D eigenvalue weighted by molar-refractivity contribution is -0.133. The number of carbonyl (C=O) groups is 1. The molecule has 0 aromatic heterocycles. The molecule has 1 aliphatic rings. The predicted molar refractivity (Wildman–Crippen MR) is 90.5 cm³/mol. The van der Waals surface area contributed by atoms with Crippen LogP contribution in [0.1, 0.15) is 30.4 Å². The highest BCUT2D eigenvalue weighted by atomic mass is 16.5. The smallest absolute Gasteiger partial charge is 0.222 e. The summed E-state index contributed by atoms with van der Waals surface area (Å²) in [5.41, 5.74) is 2.29. The first kappa shape index (κ1) is 17.8. The molecule has 1 aliphatic heterocycles. The molecule has 1 fully saturated rings. The lowest BCUT2D eigenvalue weighted by Crippen LogP contribution is -2.40. The van der Waals surface area contributed by atoms with E-state index in [2.05, 4.69) is 24.1 Å². The van der Waals surface area contributed by atoms with Gasteiger partial charge in [-0.2, -0.15) is 0 Å². The Hall–Kier alpha value is -1.59. The molecule has 0 spiro atoms. The molecule has 1 heterocycles. The number of hydrogen-bond acceptors (Lipinski definition) is 4. The summed E-state index contributed by atoms with van der Waals surface area (Å²) < 4.78 is 10.6. The molecule has 1 aromatic rings. The molecule has 0 bridgehead atoms. The largest absolute Gasteiger partial charge is 0.496 e. The number of nitrogens with zero attached hydrogens (tertiary/aromatic N) is 2. The maximum atomic E-state index is 11.8. The summed E-state index contributed by atoms with van der Waals surface area (Å²) >= 11 is 0. The van der Waals surface area contributed by atoms with Gasteiger partial charge in [0.1, 0.15) is 5.75 Å². The van der Waals surface area contributed by atoms with Gasteiger partial charge in [-0.3, -0.25) is 4.79 Å². The lowest BCUT2D eigenvalue weighted by Gasteiger charge is -2.28. The summed E-state index contributed by atoms with van der Waals surface area (Å²) in [4.78, 5) is 16.1. The highest BCUT2D eigenvalue weighted by molar-refractivity contribution is 5.76. The van der Waals surface area contributed by atoms with Gasteiger partial charge >= 0.3 is 0 Å². The number of likely N-dealkylation sites (tertiary alicyclic amines) is 1. The van der Waals surface area contributed by atoms with E-state index < -0.39 is 0 Å². The molecule has 1 amide bonds. The Morgan fingerprint density at radius 1 is 1.26 bits per heavy atom. The van der Waals surface area contributed by atoms with E-state index in [4.69, 9.17) is 9.47 Å². The molecule has 0 radical (unpaired) electrons. The van der Waals surface area contributed by atoms with Crippen LogP contribution < -0.4 is 4.74 Å². The van der Waals surface area contributed by atoms with Crippen LogP contribution in [0.4, 0.5) is 0 Å². The molecule has 0 unspecified atom stereocenters. The average molecular weight is 320 g/mol. The van der Waals surface area contributed by atoms with E-state index in [1.807, 2.05) is 11.0 Å². The van der Waals surface area contributed by atoms with Crippen LogP contribution in [0.2, 0.25) is 0 Å². The van der Waals surface area contributed by atoms with E-state index in [9.17, 15) is 4.79 Å². The maximum absolute atomic E-state index is 11.8. The number of carbonyl (C=O) groups excluding carboxylic acids is 1. The fourth-order valence-electron chi connectivity index (χ4n) is 2.98. The number of hydrogen-bond donors (Lipinski definition) is 0. The number of likely N-dealkylation sites (N-methyl/N-ethyl adjacent to an activating group) is 1. The first-order chi connectivity index (χ1) is 11.1. The summed E-state index contributed by atoms with van der Waals surface area (Å²) in [6.07, 6.45) is 2.89. The molecular formula is C18H28N2O3. The Morgan fingerprint density at radius 3 is 2.78 bits per heavy atom. The molecule has 0 saturated carbocycles. The Balaban J connectivity index is 1.88. The average Bonchev–Trinajstić information content (AvgIpc) is 2.55. The predicted octanol–water partition coefficient (Wildman–Crippen LogP) is 2.29. The van der Waals surface area contributed by atoms with Gasteiger partial charge in [-0.25, -0.2) is 0 Å². The first-order valence-electron chi connectivity index (χ1n) is 8.25. The van der Waals surface area contributed by atoms with Crippen LogP contribution in [0.15, 0.2) is 18.2 Å². The summed E-state index contributed by atoms with van der Waals surface area (Å²) in [5.74, 6) is 1.16. The minimum absolute atomic E-state index is 0.302. The number of benzene rings is 1. The van der Waals surface area contributed by atoms with Crippen molar-refractivity contribution in [3.05, 3.63) is 29.3 Å². The molecule has 1 aromatic carbocycles. The molecular weight excluding hydrogens is 292 g/mol. The Bertz CT molecular complexity index is 519. The standard InChI is InChI=1S/C18H28N2O3/c1-19(10-11-20-9-5-4-6-18(20)21)13-15-7-8-17(23-3)16(12-15)14-22-2/h7-8,12H,4-6,9-11,13-14H2,1-3H3. The van der Waals surface area contributed by atoms with Gasteiger partial charge in [0.2, 0.25) is 5.91 Å². The molecule has 0 N–H and O–H groups in total. The lowest BCUT2D eigenvalue weighted by atomic mass is 10.1. The number of piperidine rings is 1. The number of methoxy groups -OCH3 is 2. The van der Waals surface area contributed by atoms with Crippen LogP contribution >= 0.6 is 0 Å². The van der Waals surface area contributed by atoms with Crippen molar-refractivity contribution in [2.75, 3.05) is 40.9 Å². The van der Waals surface area contributed by atoms with Crippen LogP contribution in [0.5, 0.6) is 5.75 Å². The zero-order chi connectivity index (χ0) is 16.7. The van der Waals surface area contributed by atoms with E-state index in [-0.39, 0.29) is 0 Å². The van der Waals surface area contributed by atoms with Crippen molar-refractivity contribution in [1.29, 1.82) is 0 Å². The molecule has 2 rings (SSSR count). The second-order valence-corrected chi connectivity index (χ2v) is 6.15. The van der Waals surface area contributed by atoms with E-state index in [0.717, 1.165) is 50.3 Å². The normalized spacial score (nSPS) is 15.3. The molecule has 1 saturated heterocycles. The molecule has 5 nitrogen and oxygen atoms in total. The summed E-state index contributed by atoms with van der Waals surface area (Å²) in [5, 5.41) is 0. The summed E-state index contributed by atoms with van der Waals surface area (Å²) in [6.45, 7) is 4.01. The van der Waals surface area contributed by atoms with E-state index in [1.54, 1.807) is 14.2 Å². The van der Waals surface area contributed by atoms with Gasteiger partial charge in [-0.15, -0.1) is 0 Å². The molecule has 23 heavy (non-hydrogen) atoms. The van der Waals surface area contributed by atoms with Gasteiger partial charge in [0.05, 0.1) is 13.7 Å². The van der Waals surface area contributed by atoms with Gasteiger partial charge in [-0.05, 0) is 37.6 Å². The second-order valence-electron chi connectivity index (χ2n) is 6.15. The Kier molecular flexibility index (Phi) is 6.86. The van der Waals surface area contributed by atoms with Crippen LogP contribution in [0, 0.1) is 0 Å². The quantitative estimate of drug-likeness (QED) is 0.737. The second kappa shape index (κ2) is 8.89. The zero-order valence-corrected chi connectivity index (χ0v) is 14.5. The van der Waals surface area contributed by atoms with Crippen LogP contribution in [0.25, 0.3) is 0 Å². The van der Waals surface area contributed by atoms with E-state index in [1.165, 1.54) is 5.56 Å². The highest BCUT2D eigenvalue weighted by Gasteiger charge is 2.17. The summed E-state index contributed by atoms with van der Waals surface area (Å²) in [7, 11) is 5.46. The van der Waals surface area contributed by atoms with Crippen LogP contribution in [0.3, 0.4) is 0 Å². The Morgan fingerprint density at radius 2 is 2.09 bits per heavy atom. The monoisotopic (exact) mass is 320 g/mol. The summed E-state index contributed by atoms with van der Waals surface area (Å²) in [6, 6.07) is 6.21. The van der Waals surface area contributed by atoms with Crippen molar-refractivity contribution in [3.8, 4) is 5.75 Å². The van der Waals surface area contributed by atoms with Gasteiger partial charge in [0, 0.05) is 45.3 Å². The highest BCUT2D eigenvalue weighted by Crippen LogP contribution is 2.21. The molecule has 0 aliphatic carbocycles. The van der Waals surface area contributed by atoms with Gasteiger partial charge in [0.25, 0.3) is 0 Å². The molecule has 0 atom stereocenters. The van der Waals surface area contributed by atoms with Crippen molar-refractivity contribution in [2.45, 2.75) is 32.4 Å². The fourth-order valence-corrected chi connectivity index (χ4v) is 2.98. The van der Waals surface area contributed by atoms with Crippen molar-refractivity contribution in [1.82, 2.24) is 9.80 Å². The minimum Gasteiger partial charge on any atom is -0.496 e. The third-order valence-electron chi connectivity index (χ3n) is 4.27. The maximum Gasteiger partial charge on any atom is 0.222 e. The van der Waals surface area contributed by atoms with E-state index in [0.29, 0.717) is 18.9 Å². The van der Waals surface area contributed by atoms with Crippen molar-refractivity contribution < 1.29 is 14.3 Å². The Labute approximate surface area is 139 Å². The minimum atomic E-state index is 0.302.